The highest BCUT2D eigenvalue weighted by Gasteiger charge is 2.26. The molecule has 0 aliphatic carbocycles. The SMILES string of the molecule is OCCC1CCN(c2nc(Oc3ccc(F)cc3F)nc3[nH]nc(-c4ccccc4Cl)c23)CC1. The zero-order chi connectivity index (χ0) is 23.7. The zero-order valence-corrected chi connectivity index (χ0v) is 18.9. The Morgan fingerprint density at radius 3 is 2.65 bits per heavy atom. The third-order valence-electron chi connectivity index (χ3n) is 6.06. The van der Waals surface area contributed by atoms with Crippen LogP contribution in [0.5, 0.6) is 11.8 Å². The fourth-order valence-corrected chi connectivity index (χ4v) is 4.51. The Kier molecular flexibility index (Phi) is 6.30. The standard InChI is InChI=1S/C24H22ClF2N5O2/c25-17-4-2-1-3-16(17)21-20-22(31-30-21)28-24(34-19-6-5-15(26)13-18(19)27)29-23(20)32-10-7-14(8-11-32)9-12-33/h1-6,13-14,33H,7-12H2,(H,28,29,30,31). The molecule has 7 nitrogen and oxygen atoms in total. The summed E-state index contributed by atoms with van der Waals surface area (Å²) in [6.07, 6.45) is 2.56. The summed E-state index contributed by atoms with van der Waals surface area (Å²) in [4.78, 5) is 11.1. The molecule has 1 fully saturated rings. The Morgan fingerprint density at radius 1 is 1.12 bits per heavy atom. The van der Waals surface area contributed by atoms with Crippen molar-refractivity contribution in [3.8, 4) is 23.0 Å². The Balaban J connectivity index is 1.59. The van der Waals surface area contributed by atoms with Gasteiger partial charge in [-0.2, -0.15) is 15.1 Å². The van der Waals surface area contributed by atoms with E-state index >= 15 is 0 Å². The molecule has 2 aromatic carbocycles. The molecule has 0 radical (unpaired) electrons. The van der Waals surface area contributed by atoms with E-state index in [0.29, 0.717) is 46.6 Å². The minimum Gasteiger partial charge on any atom is -0.421 e. The fourth-order valence-electron chi connectivity index (χ4n) is 4.29. The van der Waals surface area contributed by atoms with Gasteiger partial charge in [-0.25, -0.2) is 8.78 Å². The number of nitrogens with one attached hydrogen (secondary N) is 1. The van der Waals surface area contributed by atoms with E-state index in [1.807, 2.05) is 18.2 Å². The average Bonchev–Trinajstić information content (AvgIpc) is 3.25. The predicted octanol–water partition coefficient (Wildman–Crippen LogP) is 5.34. The van der Waals surface area contributed by atoms with Crippen LogP contribution in [0.4, 0.5) is 14.6 Å². The number of H-pyrrole nitrogens is 1. The van der Waals surface area contributed by atoms with Gasteiger partial charge < -0.3 is 14.7 Å². The molecule has 5 rings (SSSR count). The van der Waals surface area contributed by atoms with Crippen molar-refractivity contribution in [2.45, 2.75) is 19.3 Å². The summed E-state index contributed by atoms with van der Waals surface area (Å²) in [6, 6.07) is 10.3. The van der Waals surface area contributed by atoms with E-state index in [-0.39, 0.29) is 18.4 Å². The van der Waals surface area contributed by atoms with Crippen LogP contribution < -0.4 is 9.64 Å². The highest BCUT2D eigenvalue weighted by Crippen LogP contribution is 2.38. The Labute approximate surface area is 199 Å². The summed E-state index contributed by atoms with van der Waals surface area (Å²) in [5, 5.41) is 17.9. The number of nitrogens with zero attached hydrogens (tertiary/aromatic N) is 4. The number of aromatic nitrogens is 4. The van der Waals surface area contributed by atoms with Crippen LogP contribution in [0.25, 0.3) is 22.3 Å². The molecule has 176 valence electrons. The molecule has 2 aromatic heterocycles. The second-order valence-electron chi connectivity index (χ2n) is 8.22. The van der Waals surface area contributed by atoms with Gasteiger partial charge >= 0.3 is 6.01 Å². The number of halogens is 3. The van der Waals surface area contributed by atoms with Crippen molar-refractivity contribution in [1.29, 1.82) is 0 Å². The maximum absolute atomic E-state index is 14.2. The van der Waals surface area contributed by atoms with Gasteiger partial charge in [0, 0.05) is 31.3 Å². The van der Waals surface area contributed by atoms with Crippen molar-refractivity contribution in [1.82, 2.24) is 20.2 Å². The van der Waals surface area contributed by atoms with Gasteiger partial charge in [-0.3, -0.25) is 5.10 Å². The molecule has 0 unspecified atom stereocenters. The predicted molar refractivity (Wildman–Crippen MR) is 125 cm³/mol. The summed E-state index contributed by atoms with van der Waals surface area (Å²) in [7, 11) is 0. The highest BCUT2D eigenvalue weighted by molar-refractivity contribution is 6.33. The Bertz CT molecular complexity index is 1320. The van der Waals surface area contributed by atoms with Crippen molar-refractivity contribution in [2.24, 2.45) is 5.92 Å². The molecular weight excluding hydrogens is 464 g/mol. The van der Waals surface area contributed by atoms with E-state index in [1.165, 1.54) is 6.07 Å². The van der Waals surface area contributed by atoms with Gasteiger partial charge in [0.05, 0.1) is 10.4 Å². The number of hydrogen-bond acceptors (Lipinski definition) is 6. The van der Waals surface area contributed by atoms with E-state index in [0.717, 1.165) is 37.0 Å². The Morgan fingerprint density at radius 2 is 1.91 bits per heavy atom. The lowest BCUT2D eigenvalue weighted by molar-refractivity contribution is 0.240. The molecule has 1 saturated heterocycles. The van der Waals surface area contributed by atoms with Crippen molar-refractivity contribution >= 4 is 28.5 Å². The molecule has 34 heavy (non-hydrogen) atoms. The summed E-state index contributed by atoms with van der Waals surface area (Å²) >= 11 is 6.45. The maximum atomic E-state index is 14.2. The third-order valence-corrected chi connectivity index (χ3v) is 6.38. The molecule has 4 aromatic rings. The van der Waals surface area contributed by atoms with Crippen LogP contribution in [0.15, 0.2) is 42.5 Å². The topological polar surface area (TPSA) is 87.2 Å². The first kappa shape index (κ1) is 22.5. The second kappa shape index (κ2) is 9.52. The molecule has 0 amide bonds. The molecular formula is C24H22ClF2N5O2. The minimum atomic E-state index is -0.851. The molecule has 0 atom stereocenters. The number of ether oxygens (including phenoxy) is 1. The van der Waals surface area contributed by atoms with Crippen molar-refractivity contribution < 1.29 is 18.6 Å². The van der Waals surface area contributed by atoms with Gasteiger partial charge in [0.25, 0.3) is 0 Å². The number of aliphatic hydroxyl groups is 1. The quantitative estimate of drug-likeness (QED) is 0.383. The van der Waals surface area contributed by atoms with Crippen LogP contribution in [0, 0.1) is 17.6 Å². The molecule has 1 aliphatic rings. The number of hydrogen-bond donors (Lipinski definition) is 2. The molecule has 3 heterocycles. The van der Waals surface area contributed by atoms with Gasteiger partial charge in [-0.1, -0.05) is 29.8 Å². The number of rotatable bonds is 6. The number of benzene rings is 2. The summed E-state index contributed by atoms with van der Waals surface area (Å²) in [6.45, 7) is 1.60. The van der Waals surface area contributed by atoms with Crippen molar-refractivity contribution in [2.75, 3.05) is 24.6 Å². The van der Waals surface area contributed by atoms with Crippen LogP contribution >= 0.6 is 11.6 Å². The monoisotopic (exact) mass is 485 g/mol. The maximum Gasteiger partial charge on any atom is 0.326 e. The van der Waals surface area contributed by atoms with E-state index in [4.69, 9.17) is 16.3 Å². The Hall–Kier alpha value is -3.30. The summed E-state index contributed by atoms with van der Waals surface area (Å²) < 4.78 is 33.1. The van der Waals surface area contributed by atoms with E-state index in [1.54, 1.807) is 6.07 Å². The number of piperidine rings is 1. The molecule has 2 N–H and O–H groups in total. The first-order valence-corrected chi connectivity index (χ1v) is 11.4. The highest BCUT2D eigenvalue weighted by atomic mass is 35.5. The third kappa shape index (κ3) is 4.41. The number of aromatic amines is 1. The van der Waals surface area contributed by atoms with Gasteiger partial charge in [-0.15, -0.1) is 0 Å². The number of aliphatic hydroxyl groups excluding tert-OH is 1. The van der Waals surface area contributed by atoms with E-state index in [2.05, 4.69) is 25.1 Å². The van der Waals surface area contributed by atoms with E-state index in [9.17, 15) is 13.9 Å². The number of anilines is 1. The molecule has 0 bridgehead atoms. The summed E-state index contributed by atoms with van der Waals surface area (Å²) in [5.74, 6) is -0.704. The molecule has 0 saturated carbocycles. The van der Waals surface area contributed by atoms with E-state index < -0.39 is 11.6 Å². The smallest absolute Gasteiger partial charge is 0.326 e. The summed E-state index contributed by atoms with van der Waals surface area (Å²) in [5.41, 5.74) is 1.75. The molecule has 10 heteroatoms. The van der Waals surface area contributed by atoms with Crippen molar-refractivity contribution in [3.63, 3.8) is 0 Å². The van der Waals surface area contributed by atoms with Crippen LogP contribution in [0.1, 0.15) is 19.3 Å². The lowest BCUT2D eigenvalue weighted by atomic mass is 9.94. The van der Waals surface area contributed by atoms with Crippen LogP contribution in [0.3, 0.4) is 0 Å². The zero-order valence-electron chi connectivity index (χ0n) is 18.1. The van der Waals surface area contributed by atoms with Crippen LogP contribution in [-0.2, 0) is 0 Å². The first-order chi connectivity index (χ1) is 16.5. The molecule has 1 aliphatic heterocycles. The van der Waals surface area contributed by atoms with Crippen LogP contribution in [0.2, 0.25) is 5.02 Å². The van der Waals surface area contributed by atoms with Crippen LogP contribution in [-0.4, -0.2) is 45.0 Å². The second-order valence-corrected chi connectivity index (χ2v) is 8.63. The lowest BCUT2D eigenvalue weighted by Crippen LogP contribution is -2.34. The van der Waals surface area contributed by atoms with Gasteiger partial charge in [-0.05, 0) is 43.4 Å². The fraction of sp³-hybridized carbons (Fsp3) is 0.292. The normalized spacial score (nSPS) is 14.6. The lowest BCUT2D eigenvalue weighted by Gasteiger charge is -2.33. The van der Waals surface area contributed by atoms with Crippen molar-refractivity contribution in [3.05, 3.63) is 59.1 Å². The largest absolute Gasteiger partial charge is 0.421 e. The first-order valence-electron chi connectivity index (χ1n) is 11.0. The van der Waals surface area contributed by atoms with Gasteiger partial charge in [0.1, 0.15) is 17.3 Å². The van der Waals surface area contributed by atoms with Gasteiger partial charge in [0.2, 0.25) is 0 Å². The number of fused-ring (bicyclic) bond motifs is 1. The average molecular weight is 486 g/mol. The minimum absolute atomic E-state index is 0.0835. The van der Waals surface area contributed by atoms with Gasteiger partial charge in [0.15, 0.2) is 17.2 Å². The molecule has 0 spiro atoms.